The van der Waals surface area contributed by atoms with E-state index >= 15 is 0 Å². The number of hydrogen-bond acceptors (Lipinski definition) is 5. The molecule has 0 fully saturated rings. The summed E-state index contributed by atoms with van der Waals surface area (Å²) in [5, 5.41) is 1.19. The zero-order chi connectivity index (χ0) is 9.03. The normalized spacial score (nSPS) is 19.7. The molecule has 1 aliphatic heterocycles. The molecule has 0 aromatic heterocycles. The van der Waals surface area contributed by atoms with Crippen LogP contribution >= 0.6 is 7.82 Å². The molecule has 0 amide bonds. The molecule has 0 spiro atoms. The Hall–Kier alpha value is 0.580. The Morgan fingerprint density at radius 2 is 2.54 bits per heavy atom. The molecule has 0 aliphatic carbocycles. The van der Waals surface area contributed by atoms with Crippen molar-refractivity contribution in [2.45, 2.75) is 6.92 Å². The first-order valence-corrected chi connectivity index (χ1v) is 5.07. The predicted molar refractivity (Wildman–Crippen MR) is 43.7 cm³/mol. The van der Waals surface area contributed by atoms with Crippen LogP contribution in [0, 0.1) is 0 Å². The van der Waals surface area contributed by atoms with Gasteiger partial charge in [0.05, 0.1) is 19.7 Å². The number of aliphatic imine (C=N–C) groups is 1. The van der Waals surface area contributed by atoms with Crippen molar-refractivity contribution in [3.05, 3.63) is 0 Å². The summed E-state index contributed by atoms with van der Waals surface area (Å²) >= 11 is 0. The first-order chi connectivity index (χ1) is 5.64. The minimum atomic E-state index is -3.91. The van der Waals surface area contributed by atoms with Crippen molar-refractivity contribution in [1.29, 1.82) is 0 Å². The molecule has 0 aromatic rings. The fourth-order valence-electron chi connectivity index (χ4n) is 0.744. The van der Waals surface area contributed by atoms with Crippen molar-refractivity contribution < 1.29 is 49.6 Å². The fraction of sp³-hybridized carbons (Fsp3) is 0.800. The van der Waals surface area contributed by atoms with Gasteiger partial charge in [0.15, 0.2) is 0 Å². The first kappa shape index (κ1) is 13.6. The van der Waals surface area contributed by atoms with E-state index in [4.69, 9.17) is 4.89 Å². The topological polar surface area (TPSA) is 71.4 Å². The summed E-state index contributed by atoms with van der Waals surface area (Å²) in [6.45, 7) is 2.81. The van der Waals surface area contributed by atoms with Gasteiger partial charge in [-0.25, -0.2) is 9.63 Å². The SMILES string of the molecule is CCOP(=O)(O)ON1C=NCC1.[H-].[Na+]. The third-order valence-electron chi connectivity index (χ3n) is 1.16. The smallest absolute Gasteiger partial charge is 1.00 e. The van der Waals surface area contributed by atoms with Gasteiger partial charge in [-0.3, -0.25) is 9.52 Å². The molecule has 1 rings (SSSR count). The van der Waals surface area contributed by atoms with E-state index < -0.39 is 7.82 Å². The zero-order valence-electron chi connectivity index (χ0n) is 8.71. The van der Waals surface area contributed by atoms with Crippen LogP contribution in [-0.4, -0.2) is 36.0 Å². The van der Waals surface area contributed by atoms with Gasteiger partial charge >= 0.3 is 37.4 Å². The second-order valence-corrected chi connectivity index (χ2v) is 3.49. The maximum atomic E-state index is 11.0. The average molecular weight is 218 g/mol. The third kappa shape index (κ3) is 5.12. The Balaban J connectivity index is 0. The van der Waals surface area contributed by atoms with E-state index in [1.807, 2.05) is 0 Å². The molecule has 1 unspecified atom stereocenters. The maximum absolute atomic E-state index is 11.0. The third-order valence-corrected chi connectivity index (χ3v) is 2.16. The van der Waals surface area contributed by atoms with Crippen molar-refractivity contribution in [2.24, 2.45) is 4.99 Å². The van der Waals surface area contributed by atoms with E-state index in [0.29, 0.717) is 13.1 Å². The van der Waals surface area contributed by atoms with Gasteiger partial charge in [0.25, 0.3) is 0 Å². The van der Waals surface area contributed by atoms with Gasteiger partial charge in [-0.05, 0) is 6.92 Å². The van der Waals surface area contributed by atoms with Crippen LogP contribution in [0.25, 0.3) is 0 Å². The van der Waals surface area contributed by atoms with E-state index in [0.717, 1.165) is 0 Å². The van der Waals surface area contributed by atoms with E-state index in [-0.39, 0.29) is 37.6 Å². The molecule has 1 N–H and O–H groups in total. The number of hydrogen-bond donors (Lipinski definition) is 1. The second kappa shape index (κ2) is 6.14. The van der Waals surface area contributed by atoms with Gasteiger partial charge in [0.1, 0.15) is 6.34 Å². The Kier molecular flexibility index (Phi) is 6.41. The summed E-state index contributed by atoms with van der Waals surface area (Å²) in [6, 6.07) is 0. The monoisotopic (exact) mass is 218 g/mol. The minimum absolute atomic E-state index is 0. The molecule has 0 bridgehead atoms. The molecular formula is C5H12N2NaO4P. The largest absolute Gasteiger partial charge is 1.00 e. The fourth-order valence-corrected chi connectivity index (χ4v) is 1.51. The molecule has 0 saturated carbocycles. The summed E-state index contributed by atoms with van der Waals surface area (Å²) < 4.78 is 20.1. The number of phosphoric ester groups is 1. The number of phosphoric acid groups is 1. The second-order valence-electron chi connectivity index (χ2n) is 2.13. The molecule has 8 heteroatoms. The van der Waals surface area contributed by atoms with Gasteiger partial charge < -0.3 is 6.32 Å². The molecule has 13 heavy (non-hydrogen) atoms. The molecule has 0 radical (unpaired) electrons. The number of hydroxylamine groups is 2. The predicted octanol–water partition coefficient (Wildman–Crippen LogP) is -2.48. The molecule has 1 aliphatic rings. The summed E-state index contributed by atoms with van der Waals surface area (Å²) in [6.07, 6.45) is 1.36. The van der Waals surface area contributed by atoms with Crippen LogP contribution < -0.4 is 29.6 Å². The first-order valence-electron chi connectivity index (χ1n) is 3.57. The van der Waals surface area contributed by atoms with Crippen molar-refractivity contribution >= 4 is 14.2 Å². The van der Waals surface area contributed by atoms with Crippen LogP contribution in [-0.2, 0) is 13.7 Å². The Labute approximate surface area is 100 Å². The van der Waals surface area contributed by atoms with Crippen LogP contribution in [0.15, 0.2) is 4.99 Å². The minimum Gasteiger partial charge on any atom is -1.00 e. The molecule has 1 heterocycles. The Morgan fingerprint density at radius 1 is 1.85 bits per heavy atom. The van der Waals surface area contributed by atoms with Crippen LogP contribution in [0.4, 0.5) is 0 Å². The van der Waals surface area contributed by atoms with Crippen molar-refractivity contribution in [2.75, 3.05) is 19.7 Å². The van der Waals surface area contributed by atoms with Gasteiger partial charge in [-0.2, -0.15) is 4.62 Å². The summed E-state index contributed by atoms with van der Waals surface area (Å²) in [5.41, 5.74) is 0. The summed E-state index contributed by atoms with van der Waals surface area (Å²) in [7, 11) is -3.91. The van der Waals surface area contributed by atoms with E-state index in [9.17, 15) is 4.57 Å². The molecular weight excluding hydrogens is 206 g/mol. The van der Waals surface area contributed by atoms with E-state index in [2.05, 4.69) is 14.1 Å². The zero-order valence-corrected chi connectivity index (χ0v) is 10.6. The maximum Gasteiger partial charge on any atom is 1.00 e. The van der Waals surface area contributed by atoms with Crippen LogP contribution in [0.2, 0.25) is 0 Å². The van der Waals surface area contributed by atoms with E-state index in [1.54, 1.807) is 6.92 Å². The summed E-state index contributed by atoms with van der Waals surface area (Å²) in [4.78, 5) is 12.8. The number of nitrogens with zero attached hydrogens (tertiary/aromatic N) is 2. The van der Waals surface area contributed by atoms with Gasteiger partial charge in [0, 0.05) is 0 Å². The van der Waals surface area contributed by atoms with Crippen LogP contribution in [0.1, 0.15) is 8.35 Å². The van der Waals surface area contributed by atoms with Gasteiger partial charge in [-0.15, -0.1) is 0 Å². The van der Waals surface area contributed by atoms with Crippen LogP contribution in [0.5, 0.6) is 0 Å². The van der Waals surface area contributed by atoms with Crippen molar-refractivity contribution in [1.82, 2.24) is 5.06 Å². The molecule has 6 nitrogen and oxygen atoms in total. The van der Waals surface area contributed by atoms with Gasteiger partial charge in [0.2, 0.25) is 0 Å². The quantitative estimate of drug-likeness (QED) is 0.417. The van der Waals surface area contributed by atoms with Crippen molar-refractivity contribution in [3.63, 3.8) is 0 Å². The van der Waals surface area contributed by atoms with Crippen LogP contribution in [0.3, 0.4) is 0 Å². The Bertz CT molecular complexity index is 230. The molecule has 72 valence electrons. The standard InChI is InChI=1S/C5H11N2O4P.Na.H/c1-2-10-12(8,9)11-7-4-3-6-5-7;;/h5H,2-4H2,1H3,(H,8,9);;/q;+1;-1. The molecule has 0 saturated heterocycles. The summed E-state index contributed by atoms with van der Waals surface area (Å²) in [5.74, 6) is 0. The van der Waals surface area contributed by atoms with Crippen molar-refractivity contribution in [3.8, 4) is 0 Å². The molecule has 1 atom stereocenters. The van der Waals surface area contributed by atoms with Gasteiger partial charge in [-0.1, -0.05) is 0 Å². The molecule has 0 aromatic carbocycles. The average Bonchev–Trinajstić information content (AvgIpc) is 2.38. The van der Waals surface area contributed by atoms with E-state index in [1.165, 1.54) is 11.4 Å². The number of rotatable bonds is 4. The Morgan fingerprint density at radius 3 is 3.00 bits per heavy atom.